The van der Waals surface area contributed by atoms with Gasteiger partial charge in [-0.3, -0.25) is 9.59 Å². The van der Waals surface area contributed by atoms with Crippen LogP contribution < -0.4 is 10.3 Å². The SMILES string of the molecule is Cc1ccc2c(=O)cc(C(=O)N(Cc3ccc(N(C)C)cc3)[C@@H]3CCS(=O)(=O)C3)oc2c1C. The molecule has 0 spiro atoms. The number of carbonyl (C=O) groups is 1. The van der Waals surface area contributed by atoms with Gasteiger partial charge in [0.25, 0.3) is 5.91 Å². The maximum atomic E-state index is 13.6. The van der Waals surface area contributed by atoms with E-state index in [-0.39, 0.29) is 29.2 Å². The van der Waals surface area contributed by atoms with E-state index in [0.29, 0.717) is 17.4 Å². The lowest BCUT2D eigenvalue weighted by atomic mass is 10.1. The van der Waals surface area contributed by atoms with Crippen LogP contribution in [-0.2, 0) is 16.4 Å². The highest BCUT2D eigenvalue weighted by molar-refractivity contribution is 7.91. The van der Waals surface area contributed by atoms with Gasteiger partial charge < -0.3 is 14.2 Å². The van der Waals surface area contributed by atoms with Gasteiger partial charge in [0.2, 0.25) is 0 Å². The number of rotatable bonds is 5. The molecular formula is C25H28N2O5S. The summed E-state index contributed by atoms with van der Waals surface area (Å²) in [7, 11) is 0.674. The highest BCUT2D eigenvalue weighted by Gasteiger charge is 2.36. The first kappa shape index (κ1) is 23.0. The Balaban J connectivity index is 1.74. The van der Waals surface area contributed by atoms with Gasteiger partial charge in [0.15, 0.2) is 21.0 Å². The van der Waals surface area contributed by atoms with Crippen LogP contribution in [0.3, 0.4) is 0 Å². The van der Waals surface area contributed by atoms with E-state index in [2.05, 4.69) is 0 Å². The van der Waals surface area contributed by atoms with Crippen molar-refractivity contribution in [3.63, 3.8) is 0 Å². The molecule has 4 rings (SSSR count). The summed E-state index contributed by atoms with van der Waals surface area (Å²) in [6.07, 6.45) is 0.361. The van der Waals surface area contributed by atoms with Crippen molar-refractivity contribution in [3.8, 4) is 0 Å². The fourth-order valence-electron chi connectivity index (χ4n) is 4.18. The summed E-state index contributed by atoms with van der Waals surface area (Å²) >= 11 is 0. The maximum Gasteiger partial charge on any atom is 0.290 e. The van der Waals surface area contributed by atoms with Gasteiger partial charge in [-0.15, -0.1) is 0 Å². The van der Waals surface area contributed by atoms with Gasteiger partial charge in [0.05, 0.1) is 16.9 Å². The molecule has 1 atom stereocenters. The summed E-state index contributed by atoms with van der Waals surface area (Å²) in [6, 6.07) is 12.0. The van der Waals surface area contributed by atoms with E-state index in [9.17, 15) is 18.0 Å². The Morgan fingerprint density at radius 2 is 1.79 bits per heavy atom. The Kier molecular flexibility index (Phi) is 6.05. The molecule has 1 amide bonds. The standard InChI is InChI=1S/C25H28N2O5S/c1-16-5-10-21-22(28)13-23(32-24(21)17(16)2)25(29)27(20-11-12-33(30,31)15-20)14-18-6-8-19(9-7-18)26(3)4/h5-10,13,20H,11-12,14-15H2,1-4H3/t20-/m1/s1. The van der Waals surface area contributed by atoms with Crippen molar-refractivity contribution in [2.24, 2.45) is 0 Å². The topological polar surface area (TPSA) is 87.9 Å². The molecule has 0 aliphatic carbocycles. The van der Waals surface area contributed by atoms with Crippen LogP contribution in [0.15, 0.2) is 51.7 Å². The van der Waals surface area contributed by atoms with Gasteiger partial charge in [-0.05, 0) is 55.2 Å². The Bertz CT molecular complexity index is 1370. The van der Waals surface area contributed by atoms with Gasteiger partial charge >= 0.3 is 0 Å². The molecule has 2 aromatic carbocycles. The van der Waals surface area contributed by atoms with Crippen LogP contribution in [0.4, 0.5) is 5.69 Å². The highest BCUT2D eigenvalue weighted by atomic mass is 32.2. The van der Waals surface area contributed by atoms with Gasteiger partial charge in [0.1, 0.15) is 5.58 Å². The molecule has 8 heteroatoms. The molecular weight excluding hydrogens is 440 g/mol. The molecule has 7 nitrogen and oxygen atoms in total. The van der Waals surface area contributed by atoms with Crippen LogP contribution in [0.2, 0.25) is 0 Å². The molecule has 3 aromatic rings. The van der Waals surface area contributed by atoms with Crippen LogP contribution in [0, 0.1) is 13.8 Å². The first-order valence-corrected chi connectivity index (χ1v) is 12.7. The lowest BCUT2D eigenvalue weighted by molar-refractivity contribution is 0.0648. The smallest absolute Gasteiger partial charge is 0.290 e. The summed E-state index contributed by atoms with van der Waals surface area (Å²) in [4.78, 5) is 29.9. The number of hydrogen-bond acceptors (Lipinski definition) is 6. The van der Waals surface area contributed by atoms with Crippen molar-refractivity contribution >= 4 is 32.4 Å². The number of amides is 1. The zero-order chi connectivity index (χ0) is 23.9. The van der Waals surface area contributed by atoms with Crippen molar-refractivity contribution in [1.29, 1.82) is 0 Å². The van der Waals surface area contributed by atoms with Crippen molar-refractivity contribution in [2.45, 2.75) is 32.9 Å². The largest absolute Gasteiger partial charge is 0.450 e. The molecule has 174 valence electrons. The number of aryl methyl sites for hydroxylation is 2. The third-order valence-electron chi connectivity index (χ3n) is 6.34. The van der Waals surface area contributed by atoms with E-state index < -0.39 is 21.8 Å². The van der Waals surface area contributed by atoms with Gasteiger partial charge in [-0.25, -0.2) is 8.42 Å². The van der Waals surface area contributed by atoms with Crippen molar-refractivity contribution in [2.75, 3.05) is 30.5 Å². The minimum atomic E-state index is -3.21. The molecule has 2 heterocycles. The molecule has 33 heavy (non-hydrogen) atoms. The van der Waals surface area contributed by atoms with Crippen LogP contribution in [0.25, 0.3) is 11.0 Å². The number of fused-ring (bicyclic) bond motifs is 1. The molecule has 0 N–H and O–H groups in total. The van der Waals surface area contributed by atoms with E-state index in [4.69, 9.17) is 4.42 Å². The van der Waals surface area contributed by atoms with Gasteiger partial charge in [0, 0.05) is 38.4 Å². The lowest BCUT2D eigenvalue weighted by Crippen LogP contribution is -2.41. The molecule has 1 aliphatic heterocycles. The van der Waals surface area contributed by atoms with Crippen LogP contribution in [0.1, 0.15) is 33.7 Å². The minimum Gasteiger partial charge on any atom is -0.450 e. The molecule has 0 unspecified atom stereocenters. The third-order valence-corrected chi connectivity index (χ3v) is 8.09. The van der Waals surface area contributed by atoms with E-state index >= 15 is 0 Å². The quantitative estimate of drug-likeness (QED) is 0.571. The highest BCUT2D eigenvalue weighted by Crippen LogP contribution is 2.25. The molecule has 0 saturated carbocycles. The Hall–Kier alpha value is -3.13. The van der Waals surface area contributed by atoms with E-state index in [1.54, 1.807) is 6.07 Å². The average Bonchev–Trinajstić information content (AvgIpc) is 3.13. The maximum absolute atomic E-state index is 13.6. The average molecular weight is 469 g/mol. The number of benzene rings is 2. The van der Waals surface area contributed by atoms with E-state index in [1.165, 1.54) is 11.0 Å². The van der Waals surface area contributed by atoms with Crippen LogP contribution in [-0.4, -0.2) is 50.9 Å². The molecule has 1 saturated heterocycles. The number of nitrogens with zero attached hydrogens (tertiary/aromatic N) is 2. The van der Waals surface area contributed by atoms with Crippen molar-refractivity contribution in [1.82, 2.24) is 4.90 Å². The minimum absolute atomic E-state index is 0.0426. The Morgan fingerprint density at radius 3 is 2.39 bits per heavy atom. The first-order valence-electron chi connectivity index (χ1n) is 10.9. The Morgan fingerprint density at radius 1 is 1.09 bits per heavy atom. The van der Waals surface area contributed by atoms with Crippen molar-refractivity contribution in [3.05, 3.63) is 75.1 Å². The Labute approximate surface area is 193 Å². The monoisotopic (exact) mass is 468 g/mol. The normalized spacial score (nSPS) is 17.3. The fraction of sp³-hybridized carbons (Fsp3) is 0.360. The fourth-order valence-corrected chi connectivity index (χ4v) is 5.91. The summed E-state index contributed by atoms with van der Waals surface area (Å²) in [5.41, 5.74) is 3.74. The summed E-state index contributed by atoms with van der Waals surface area (Å²) in [5, 5.41) is 0.420. The lowest BCUT2D eigenvalue weighted by Gasteiger charge is -2.28. The molecule has 1 fully saturated rings. The summed E-state index contributed by atoms with van der Waals surface area (Å²) in [6.45, 7) is 3.99. The van der Waals surface area contributed by atoms with E-state index in [1.807, 2.05) is 63.2 Å². The second-order valence-corrected chi connectivity index (χ2v) is 11.1. The molecule has 0 radical (unpaired) electrons. The first-order chi connectivity index (χ1) is 15.6. The third kappa shape index (κ3) is 4.66. The van der Waals surface area contributed by atoms with E-state index in [0.717, 1.165) is 22.4 Å². The molecule has 1 aliphatic rings. The zero-order valence-electron chi connectivity index (χ0n) is 19.3. The number of anilines is 1. The number of sulfone groups is 1. The summed E-state index contributed by atoms with van der Waals surface area (Å²) < 4.78 is 30.3. The predicted octanol–water partition coefficient (Wildman–Crippen LogP) is 3.31. The van der Waals surface area contributed by atoms with Crippen LogP contribution in [0.5, 0.6) is 0 Å². The second kappa shape index (κ2) is 8.67. The van der Waals surface area contributed by atoms with Crippen LogP contribution >= 0.6 is 0 Å². The molecule has 1 aromatic heterocycles. The zero-order valence-corrected chi connectivity index (χ0v) is 20.1. The second-order valence-electron chi connectivity index (χ2n) is 8.91. The van der Waals surface area contributed by atoms with Crippen molar-refractivity contribution < 1.29 is 17.6 Å². The van der Waals surface area contributed by atoms with Gasteiger partial charge in [-0.1, -0.05) is 18.2 Å². The summed E-state index contributed by atoms with van der Waals surface area (Å²) in [5.74, 6) is -0.602. The number of carbonyl (C=O) groups excluding carboxylic acids is 1. The number of hydrogen-bond donors (Lipinski definition) is 0. The predicted molar refractivity (Wildman–Crippen MR) is 130 cm³/mol. The van der Waals surface area contributed by atoms with Gasteiger partial charge in [-0.2, -0.15) is 0 Å². The molecule has 0 bridgehead atoms.